The second-order valence-corrected chi connectivity index (χ2v) is 11.8. The molecule has 0 aliphatic rings. The van der Waals surface area contributed by atoms with Crippen molar-refractivity contribution in [2.45, 2.75) is 110 Å². The van der Waals surface area contributed by atoms with Crippen LogP contribution in [0, 0.1) is 15.5 Å². The Balaban J connectivity index is 1.84. The van der Waals surface area contributed by atoms with E-state index in [1.807, 2.05) is 0 Å². The molecule has 2 rings (SSSR count). The van der Waals surface area contributed by atoms with Crippen LogP contribution in [0.3, 0.4) is 0 Å². The van der Waals surface area contributed by atoms with Gasteiger partial charge >= 0.3 is 11.9 Å². The first-order valence-electron chi connectivity index (χ1n) is 16.7. The maximum atomic E-state index is 13.3. The summed E-state index contributed by atoms with van der Waals surface area (Å²) in [4.78, 5) is 49.2. The van der Waals surface area contributed by atoms with Gasteiger partial charge in [-0.05, 0) is 37.6 Å². The summed E-state index contributed by atoms with van der Waals surface area (Å²) in [5, 5.41) is 24.1. The fourth-order valence-electron chi connectivity index (χ4n) is 5.02. The van der Waals surface area contributed by atoms with Gasteiger partial charge in [0.05, 0.1) is 34.4 Å². The summed E-state index contributed by atoms with van der Waals surface area (Å²) < 4.78 is 10.5. The summed E-state index contributed by atoms with van der Waals surface area (Å²) in [7, 11) is 0. The van der Waals surface area contributed by atoms with Gasteiger partial charge in [-0.3, -0.25) is 14.9 Å². The number of rotatable bonds is 24. The number of carbonyl (C=O) groups excluding carboxylic acids is 3. The molecule has 0 aliphatic heterocycles. The van der Waals surface area contributed by atoms with Crippen molar-refractivity contribution in [2.24, 2.45) is 0 Å². The highest BCUT2D eigenvalue weighted by Gasteiger charge is 2.30. The van der Waals surface area contributed by atoms with Crippen molar-refractivity contribution in [3.8, 4) is 0 Å². The SMILES string of the molecule is CCCCCCCCCCCCCCCCOC(=O)c1ccc(Cl)c(NC(=O)C(Nc2ccc([N+](=O)[O-])cc2C=N)C(=O)OCC)c1. The predicted octanol–water partition coefficient (Wildman–Crippen LogP) is 8.87. The Kier molecular flexibility index (Phi) is 18.8. The summed E-state index contributed by atoms with van der Waals surface area (Å²) in [6.45, 7) is 4.09. The molecule has 47 heavy (non-hydrogen) atoms. The molecule has 1 atom stereocenters. The summed E-state index contributed by atoms with van der Waals surface area (Å²) in [6, 6.07) is 6.31. The van der Waals surface area contributed by atoms with Gasteiger partial charge in [0.1, 0.15) is 0 Å². The lowest BCUT2D eigenvalue weighted by molar-refractivity contribution is -0.384. The van der Waals surface area contributed by atoms with E-state index in [4.69, 9.17) is 26.5 Å². The second kappa shape index (κ2) is 22.5. The minimum atomic E-state index is -1.60. The average molecular weight is 673 g/mol. The number of hydrogen-bond acceptors (Lipinski definition) is 9. The number of unbranched alkanes of at least 4 members (excludes halogenated alkanes) is 13. The summed E-state index contributed by atoms with van der Waals surface area (Å²) in [6.07, 6.45) is 18.1. The lowest BCUT2D eigenvalue weighted by Gasteiger charge is -2.19. The van der Waals surface area contributed by atoms with Crippen molar-refractivity contribution in [3.05, 3.63) is 62.7 Å². The van der Waals surface area contributed by atoms with Gasteiger partial charge in [0.25, 0.3) is 11.6 Å². The van der Waals surface area contributed by atoms with Crippen LogP contribution in [0.25, 0.3) is 0 Å². The number of benzene rings is 2. The molecule has 0 spiro atoms. The van der Waals surface area contributed by atoms with Gasteiger partial charge in [-0.2, -0.15) is 0 Å². The highest BCUT2D eigenvalue weighted by atomic mass is 35.5. The molecule has 11 nitrogen and oxygen atoms in total. The van der Waals surface area contributed by atoms with Crippen molar-refractivity contribution in [2.75, 3.05) is 23.8 Å². The molecule has 0 aliphatic carbocycles. The number of carbonyl (C=O) groups is 3. The van der Waals surface area contributed by atoms with Crippen molar-refractivity contribution < 1.29 is 28.8 Å². The number of ether oxygens (including phenoxy) is 2. The summed E-state index contributed by atoms with van der Waals surface area (Å²) in [5.41, 5.74) is 0.214. The Morgan fingerprint density at radius 3 is 2.00 bits per heavy atom. The Bertz CT molecular complexity index is 1320. The van der Waals surface area contributed by atoms with Gasteiger partial charge in [0, 0.05) is 29.6 Å². The largest absolute Gasteiger partial charge is 0.464 e. The van der Waals surface area contributed by atoms with Crippen molar-refractivity contribution >= 4 is 52.7 Å². The van der Waals surface area contributed by atoms with Crippen LogP contribution in [0.1, 0.15) is 120 Å². The van der Waals surface area contributed by atoms with Crippen LogP contribution in [-0.4, -0.2) is 48.2 Å². The van der Waals surface area contributed by atoms with E-state index in [1.54, 1.807) is 6.92 Å². The molecule has 0 aromatic heterocycles. The Hall–Kier alpha value is -3.99. The summed E-state index contributed by atoms with van der Waals surface area (Å²) in [5.74, 6) is -2.33. The van der Waals surface area contributed by atoms with Gasteiger partial charge in [-0.15, -0.1) is 0 Å². The highest BCUT2D eigenvalue weighted by Crippen LogP contribution is 2.26. The molecule has 1 unspecified atom stereocenters. The minimum Gasteiger partial charge on any atom is -0.464 e. The molecular weight excluding hydrogens is 624 g/mol. The predicted molar refractivity (Wildman–Crippen MR) is 186 cm³/mol. The van der Waals surface area contributed by atoms with E-state index in [0.29, 0.717) is 0 Å². The van der Waals surface area contributed by atoms with E-state index < -0.39 is 28.8 Å². The van der Waals surface area contributed by atoms with Gasteiger partial charge in [0.2, 0.25) is 6.04 Å². The molecule has 0 heterocycles. The molecule has 0 saturated heterocycles. The van der Waals surface area contributed by atoms with Crippen LogP contribution < -0.4 is 10.6 Å². The first kappa shape index (κ1) is 39.2. The first-order valence-corrected chi connectivity index (χ1v) is 17.1. The molecule has 258 valence electrons. The van der Waals surface area contributed by atoms with Crippen LogP contribution in [0.15, 0.2) is 36.4 Å². The molecule has 12 heteroatoms. The van der Waals surface area contributed by atoms with Crippen molar-refractivity contribution in [1.82, 2.24) is 0 Å². The topological polar surface area (TPSA) is 161 Å². The third-order valence-electron chi connectivity index (χ3n) is 7.68. The van der Waals surface area contributed by atoms with Crippen molar-refractivity contribution in [3.63, 3.8) is 0 Å². The fourth-order valence-corrected chi connectivity index (χ4v) is 5.19. The number of nitro benzene ring substituents is 1. The van der Waals surface area contributed by atoms with E-state index in [-0.39, 0.29) is 46.4 Å². The number of hydrogen-bond donors (Lipinski definition) is 3. The lowest BCUT2D eigenvalue weighted by atomic mass is 10.0. The van der Waals surface area contributed by atoms with Gasteiger partial charge in [0.15, 0.2) is 0 Å². The maximum Gasteiger partial charge on any atom is 0.338 e. The van der Waals surface area contributed by atoms with Gasteiger partial charge in [-0.1, -0.05) is 102 Å². The third kappa shape index (κ3) is 14.5. The van der Waals surface area contributed by atoms with Gasteiger partial charge in [-0.25, -0.2) is 9.59 Å². The van der Waals surface area contributed by atoms with Crippen molar-refractivity contribution in [1.29, 1.82) is 5.41 Å². The van der Waals surface area contributed by atoms with E-state index in [2.05, 4.69) is 17.6 Å². The van der Waals surface area contributed by atoms with Crippen LogP contribution in [0.2, 0.25) is 5.02 Å². The Morgan fingerprint density at radius 1 is 0.851 bits per heavy atom. The number of non-ortho nitro benzene ring substituents is 1. The van der Waals surface area contributed by atoms with E-state index in [0.717, 1.165) is 31.5 Å². The van der Waals surface area contributed by atoms with Gasteiger partial charge < -0.3 is 25.5 Å². The zero-order valence-electron chi connectivity index (χ0n) is 27.6. The molecule has 0 fully saturated rings. The molecule has 2 aromatic rings. The molecule has 0 bridgehead atoms. The average Bonchev–Trinajstić information content (AvgIpc) is 3.06. The number of halogens is 1. The maximum absolute atomic E-state index is 13.3. The standard InChI is InChI=1S/C35H49ClN4O7/c1-3-5-6-7-8-9-10-11-12-13-14-15-16-17-22-47-34(42)26-18-20-29(36)31(24-26)39-33(41)32(35(43)46-4-2)38-30-21-19-28(40(44)45)23-27(30)25-37/h18-21,23-25,32,37-38H,3-17,22H2,1-2H3,(H,39,41). The zero-order valence-corrected chi connectivity index (χ0v) is 28.4. The number of anilines is 2. The highest BCUT2D eigenvalue weighted by molar-refractivity contribution is 6.34. The molecular formula is C35H49ClN4O7. The molecule has 0 radical (unpaired) electrons. The number of amides is 1. The zero-order chi connectivity index (χ0) is 34.4. The number of nitrogens with zero attached hydrogens (tertiary/aromatic N) is 1. The van der Waals surface area contributed by atoms with Crippen LogP contribution in [0.4, 0.5) is 17.1 Å². The molecule has 1 amide bonds. The Labute approximate surface area is 282 Å². The lowest BCUT2D eigenvalue weighted by Crippen LogP contribution is -2.42. The quantitative estimate of drug-likeness (QED) is 0.0249. The second-order valence-electron chi connectivity index (χ2n) is 11.4. The fraction of sp³-hybridized carbons (Fsp3) is 0.543. The summed E-state index contributed by atoms with van der Waals surface area (Å²) >= 11 is 6.29. The molecule has 0 saturated carbocycles. The van der Waals surface area contributed by atoms with Crippen LogP contribution >= 0.6 is 11.6 Å². The molecule has 3 N–H and O–H groups in total. The van der Waals surface area contributed by atoms with Crippen LogP contribution in [0.5, 0.6) is 0 Å². The molecule has 2 aromatic carbocycles. The third-order valence-corrected chi connectivity index (χ3v) is 8.01. The van der Waals surface area contributed by atoms with E-state index in [1.165, 1.54) is 101 Å². The van der Waals surface area contributed by atoms with E-state index >= 15 is 0 Å². The van der Waals surface area contributed by atoms with Crippen LogP contribution in [-0.2, 0) is 19.1 Å². The smallest absolute Gasteiger partial charge is 0.338 e. The normalized spacial score (nSPS) is 11.4. The first-order chi connectivity index (χ1) is 22.7. The number of esters is 2. The van der Waals surface area contributed by atoms with E-state index in [9.17, 15) is 24.5 Å². The Morgan fingerprint density at radius 2 is 1.45 bits per heavy atom. The number of nitro groups is 1. The number of nitrogens with one attached hydrogen (secondary N) is 3. The monoisotopic (exact) mass is 672 g/mol. The minimum absolute atomic E-state index is 0.0105.